The van der Waals surface area contributed by atoms with Gasteiger partial charge in [-0.3, -0.25) is 9.59 Å². The van der Waals surface area contributed by atoms with Crippen molar-refractivity contribution in [3.63, 3.8) is 0 Å². The Labute approximate surface area is 160 Å². The smallest absolute Gasteiger partial charge is 0.307 e. The molecule has 0 saturated carbocycles. The summed E-state index contributed by atoms with van der Waals surface area (Å²) in [6.07, 6.45) is -0.345. The summed E-state index contributed by atoms with van der Waals surface area (Å²) in [5, 5.41) is 8.64. The number of hydrogen-bond acceptors (Lipinski definition) is 7. The molecular weight excluding hydrogens is 405 g/mol. The molecule has 0 radical (unpaired) electrons. The van der Waals surface area contributed by atoms with Crippen LogP contribution in [0.3, 0.4) is 0 Å². The number of Topliss-reactive ketones (excluding diaryl/α,β-unsaturated/α-hetero) is 1. The lowest BCUT2D eigenvalue weighted by atomic mass is 10.1. The molecule has 8 nitrogen and oxygen atoms in total. The average molecular weight is 420 g/mol. The van der Waals surface area contributed by atoms with Gasteiger partial charge >= 0.3 is 5.97 Å². The molecule has 0 aromatic heterocycles. The van der Waals surface area contributed by atoms with E-state index in [2.05, 4.69) is 9.46 Å². The van der Waals surface area contributed by atoms with E-state index in [0.29, 0.717) is 0 Å². The van der Waals surface area contributed by atoms with E-state index in [1.807, 2.05) is 0 Å². The summed E-state index contributed by atoms with van der Waals surface area (Å²) < 4.78 is 31.2. The van der Waals surface area contributed by atoms with Gasteiger partial charge in [-0.05, 0) is 19.1 Å². The molecule has 0 aliphatic carbocycles. The quantitative estimate of drug-likeness (QED) is 0.369. The maximum Gasteiger partial charge on any atom is 0.307 e. The summed E-state index contributed by atoms with van der Waals surface area (Å²) in [4.78, 5) is 22.9. The predicted octanol–water partition coefficient (Wildman–Crippen LogP) is 1.53. The molecule has 0 bridgehead atoms. The number of ketones is 1. The second-order valence-electron chi connectivity index (χ2n) is 4.95. The first kappa shape index (κ1) is 21.9. The van der Waals surface area contributed by atoms with Crippen molar-refractivity contribution in [1.29, 1.82) is 5.26 Å². The molecule has 11 heteroatoms. The second-order valence-corrected chi connectivity index (χ2v) is 7.47. The first-order valence-corrected chi connectivity index (χ1v) is 9.33. The average Bonchev–Trinajstić information content (AvgIpc) is 2.52. The summed E-state index contributed by atoms with van der Waals surface area (Å²) >= 11 is 11.7. The van der Waals surface area contributed by atoms with Crippen molar-refractivity contribution in [3.8, 4) is 6.07 Å². The number of carbonyl (C=O) groups is 2. The number of nitrogens with two attached hydrogens (primary N) is 1. The second kappa shape index (κ2) is 9.54. The van der Waals surface area contributed by atoms with E-state index >= 15 is 0 Å². The number of ether oxygens (including phenoxy) is 1. The van der Waals surface area contributed by atoms with Gasteiger partial charge in [0.1, 0.15) is 16.5 Å². The molecule has 0 aliphatic heterocycles. The number of benzene rings is 1. The third-order valence-corrected chi connectivity index (χ3v) is 5.37. The van der Waals surface area contributed by atoms with Crippen LogP contribution in [-0.2, 0) is 24.3 Å². The Morgan fingerprint density at radius 3 is 2.38 bits per heavy atom. The number of carbonyl (C=O) groups excluding carboxylic acids is 2. The monoisotopic (exact) mass is 419 g/mol. The van der Waals surface area contributed by atoms with Gasteiger partial charge in [-0.2, -0.15) is 5.26 Å². The molecule has 0 atom stereocenters. The SMILES string of the molecule is C/C(N)=C(/C#N)C(=O)COC(=O)CCNS(=O)(=O)c1c(Cl)cccc1Cl. The summed E-state index contributed by atoms with van der Waals surface area (Å²) in [5.41, 5.74) is 5.07. The van der Waals surface area contributed by atoms with Crippen molar-refractivity contribution in [2.75, 3.05) is 13.2 Å². The lowest BCUT2D eigenvalue weighted by Gasteiger charge is -2.10. The van der Waals surface area contributed by atoms with E-state index in [4.69, 9.17) is 34.2 Å². The standard InChI is InChI=1S/C15H15Cl2N3O5S/c1-9(19)10(7-18)13(21)8-25-14(22)5-6-20-26(23,24)15-11(16)3-2-4-12(15)17/h2-4,20H,5-6,8,19H2,1H3/b10-9+. The first-order valence-electron chi connectivity index (χ1n) is 7.09. The highest BCUT2D eigenvalue weighted by Gasteiger charge is 2.21. The molecule has 0 unspecified atom stereocenters. The van der Waals surface area contributed by atoms with Gasteiger partial charge in [0.15, 0.2) is 6.61 Å². The molecule has 0 saturated heterocycles. The van der Waals surface area contributed by atoms with Crippen molar-refractivity contribution >= 4 is 45.0 Å². The number of sulfonamides is 1. The minimum Gasteiger partial charge on any atom is -0.457 e. The highest BCUT2D eigenvalue weighted by molar-refractivity contribution is 7.89. The molecular formula is C15H15Cl2N3O5S. The number of nitriles is 1. The zero-order chi connectivity index (χ0) is 19.9. The summed E-state index contributed by atoms with van der Waals surface area (Å²) in [5.74, 6) is -1.58. The Bertz CT molecular complexity index is 867. The Hall–Kier alpha value is -2.12. The van der Waals surface area contributed by atoms with E-state index in [1.165, 1.54) is 25.1 Å². The lowest BCUT2D eigenvalue weighted by molar-refractivity contribution is -0.146. The maximum atomic E-state index is 12.2. The third-order valence-electron chi connectivity index (χ3n) is 2.96. The molecule has 1 aromatic carbocycles. The van der Waals surface area contributed by atoms with Crippen molar-refractivity contribution in [1.82, 2.24) is 4.72 Å². The molecule has 1 rings (SSSR count). The van der Waals surface area contributed by atoms with Crippen molar-refractivity contribution in [3.05, 3.63) is 39.5 Å². The van der Waals surface area contributed by atoms with E-state index in [9.17, 15) is 18.0 Å². The van der Waals surface area contributed by atoms with E-state index < -0.39 is 28.4 Å². The van der Waals surface area contributed by atoms with Crippen LogP contribution in [0.4, 0.5) is 0 Å². The van der Waals surface area contributed by atoms with Crippen molar-refractivity contribution < 1.29 is 22.7 Å². The minimum atomic E-state index is -4.03. The van der Waals surface area contributed by atoms with Gasteiger partial charge in [0.05, 0.1) is 16.5 Å². The van der Waals surface area contributed by atoms with Gasteiger partial charge in [0.25, 0.3) is 0 Å². The van der Waals surface area contributed by atoms with Gasteiger partial charge < -0.3 is 10.5 Å². The van der Waals surface area contributed by atoms with Crippen LogP contribution in [0.15, 0.2) is 34.4 Å². The fourth-order valence-electron chi connectivity index (χ4n) is 1.76. The Kier molecular flexibility index (Phi) is 8.05. The molecule has 0 amide bonds. The molecule has 0 spiro atoms. The van der Waals surface area contributed by atoms with E-state index in [-0.39, 0.29) is 39.2 Å². The number of nitrogens with one attached hydrogen (secondary N) is 1. The van der Waals surface area contributed by atoms with Crippen LogP contribution in [0.1, 0.15) is 13.3 Å². The zero-order valence-electron chi connectivity index (χ0n) is 13.6. The van der Waals surface area contributed by atoms with Crippen LogP contribution < -0.4 is 10.5 Å². The van der Waals surface area contributed by atoms with Crippen LogP contribution in [0.5, 0.6) is 0 Å². The van der Waals surface area contributed by atoms with E-state index in [0.717, 1.165) is 0 Å². The Balaban J connectivity index is 2.58. The van der Waals surface area contributed by atoms with Gasteiger partial charge in [-0.15, -0.1) is 0 Å². The van der Waals surface area contributed by atoms with Crippen LogP contribution in [-0.4, -0.2) is 33.3 Å². The summed E-state index contributed by atoms with van der Waals surface area (Å²) in [7, 11) is -4.03. The normalized spacial score (nSPS) is 12.1. The van der Waals surface area contributed by atoms with E-state index in [1.54, 1.807) is 6.07 Å². The number of hydrogen-bond donors (Lipinski definition) is 2. The molecule has 0 fully saturated rings. The fraction of sp³-hybridized carbons (Fsp3) is 0.267. The Morgan fingerprint density at radius 2 is 1.88 bits per heavy atom. The number of allylic oxidation sites excluding steroid dienone is 1. The molecule has 3 N–H and O–H groups in total. The van der Waals surface area contributed by atoms with Crippen LogP contribution in [0.2, 0.25) is 10.0 Å². The fourth-order valence-corrected chi connectivity index (χ4v) is 3.93. The molecule has 0 aliphatic rings. The van der Waals surface area contributed by atoms with Gasteiger partial charge in [0, 0.05) is 12.2 Å². The van der Waals surface area contributed by atoms with Gasteiger partial charge in [-0.25, -0.2) is 13.1 Å². The van der Waals surface area contributed by atoms with Crippen LogP contribution in [0.25, 0.3) is 0 Å². The summed E-state index contributed by atoms with van der Waals surface area (Å²) in [6, 6.07) is 5.83. The highest BCUT2D eigenvalue weighted by atomic mass is 35.5. The minimum absolute atomic E-state index is 0.0120. The number of nitrogens with zero attached hydrogens (tertiary/aromatic N) is 1. The first-order chi connectivity index (χ1) is 12.1. The third kappa shape index (κ3) is 6.00. The zero-order valence-corrected chi connectivity index (χ0v) is 15.9. The molecule has 1 aromatic rings. The van der Waals surface area contributed by atoms with Crippen LogP contribution >= 0.6 is 23.2 Å². The molecule has 0 heterocycles. The Morgan fingerprint density at radius 1 is 1.31 bits per heavy atom. The number of rotatable bonds is 8. The largest absolute Gasteiger partial charge is 0.457 e. The molecule has 140 valence electrons. The van der Waals surface area contributed by atoms with Crippen molar-refractivity contribution in [2.45, 2.75) is 18.2 Å². The van der Waals surface area contributed by atoms with Crippen molar-refractivity contribution in [2.24, 2.45) is 5.73 Å². The van der Waals surface area contributed by atoms with Gasteiger partial charge in [0.2, 0.25) is 15.8 Å². The topological polar surface area (TPSA) is 139 Å². The number of halogens is 2. The van der Waals surface area contributed by atoms with Gasteiger partial charge in [-0.1, -0.05) is 29.3 Å². The maximum absolute atomic E-state index is 12.2. The highest BCUT2D eigenvalue weighted by Crippen LogP contribution is 2.28. The summed E-state index contributed by atoms with van der Waals surface area (Å²) in [6.45, 7) is 0.403. The number of esters is 1. The predicted molar refractivity (Wildman–Crippen MR) is 94.7 cm³/mol. The van der Waals surface area contributed by atoms with Crippen LogP contribution in [0, 0.1) is 11.3 Å². The molecule has 26 heavy (non-hydrogen) atoms. The lowest BCUT2D eigenvalue weighted by Crippen LogP contribution is -2.28.